The number of rotatable bonds is 6. The monoisotopic (exact) mass is 644 g/mol. The van der Waals surface area contributed by atoms with Gasteiger partial charge in [-0.3, -0.25) is 9.59 Å². The van der Waals surface area contributed by atoms with Gasteiger partial charge < -0.3 is 24.4 Å². The Morgan fingerprint density at radius 2 is 1.94 bits per heavy atom. The molecule has 248 valence electrons. The lowest BCUT2D eigenvalue weighted by Crippen LogP contribution is -2.50. The number of hydrogen-bond acceptors (Lipinski definition) is 8. The first-order chi connectivity index (χ1) is 22.6. The number of nitrogens with one attached hydrogen (secondary N) is 1. The molecule has 1 aliphatic heterocycles. The molecule has 1 N–H and O–H groups in total. The summed E-state index contributed by atoms with van der Waals surface area (Å²) in [6.45, 7) is 4.40. The van der Waals surface area contributed by atoms with Gasteiger partial charge in [-0.15, -0.1) is 0 Å². The molecule has 3 aliphatic rings. The van der Waals surface area contributed by atoms with E-state index in [1.807, 2.05) is 25.1 Å². The standard InChI is InChI=1S/C36H41FN4O6/c1-5-46-35(44)36-20-23(36)12-8-6-7-9-16-41(3)34(43)28-19-25(18-27(28)32(42)40-36)47-33-26-14-15-29(45-4)21(2)30(26)38-31(39-33)22-11-10-13-24(37)17-22/h8,10-15,17,23,25,27-28H,5-7,9,16,18-20H2,1-4H3,(H,40,42)/b12-8+. The lowest BCUT2D eigenvalue weighted by atomic mass is 9.93. The molecule has 0 radical (unpaired) electrons. The summed E-state index contributed by atoms with van der Waals surface area (Å²) >= 11 is 0. The smallest absolute Gasteiger partial charge is 0.332 e. The minimum absolute atomic E-state index is 0.130. The maximum atomic E-state index is 14.2. The first kappa shape index (κ1) is 32.4. The third kappa shape index (κ3) is 6.40. The van der Waals surface area contributed by atoms with Gasteiger partial charge in [0.25, 0.3) is 0 Å². The summed E-state index contributed by atoms with van der Waals surface area (Å²) in [5, 5.41) is 3.65. The SMILES string of the molecule is CCOC(=O)C12CC1/C=C/CCCCN(C)C(=O)C1CC(Oc3nc(-c4cccc(F)c4)nc4c(C)c(OC)ccc34)CC1C(=O)N2. The molecule has 11 heteroatoms. The van der Waals surface area contributed by atoms with Crippen LogP contribution in [0.4, 0.5) is 4.39 Å². The summed E-state index contributed by atoms with van der Waals surface area (Å²) in [5.74, 6) is -1.74. The van der Waals surface area contributed by atoms with Gasteiger partial charge >= 0.3 is 5.97 Å². The zero-order chi connectivity index (χ0) is 33.3. The highest BCUT2D eigenvalue weighted by Gasteiger charge is 2.62. The Morgan fingerprint density at radius 1 is 1.13 bits per heavy atom. The van der Waals surface area contributed by atoms with Crippen LogP contribution in [0.25, 0.3) is 22.3 Å². The zero-order valence-corrected chi connectivity index (χ0v) is 27.3. The van der Waals surface area contributed by atoms with Crippen LogP contribution in [0.1, 0.15) is 51.0 Å². The van der Waals surface area contributed by atoms with Gasteiger partial charge in [-0.05, 0) is 76.6 Å². The molecule has 5 atom stereocenters. The van der Waals surface area contributed by atoms with Crippen molar-refractivity contribution in [3.05, 3.63) is 59.9 Å². The van der Waals surface area contributed by atoms with Gasteiger partial charge in [-0.25, -0.2) is 14.2 Å². The number of amides is 2. The number of ether oxygens (including phenoxy) is 3. The van der Waals surface area contributed by atoms with Crippen molar-refractivity contribution in [2.75, 3.05) is 27.3 Å². The van der Waals surface area contributed by atoms with Crippen LogP contribution in [0.2, 0.25) is 0 Å². The van der Waals surface area contributed by atoms with Crippen molar-refractivity contribution in [2.45, 2.75) is 64.0 Å². The molecule has 2 aliphatic carbocycles. The van der Waals surface area contributed by atoms with Crippen LogP contribution in [0.15, 0.2) is 48.6 Å². The van der Waals surface area contributed by atoms with Gasteiger partial charge in [0.1, 0.15) is 23.2 Å². The van der Waals surface area contributed by atoms with Crippen molar-refractivity contribution in [1.82, 2.24) is 20.2 Å². The molecule has 3 aromatic rings. The fraction of sp³-hybridized carbons (Fsp3) is 0.472. The predicted octanol–water partition coefficient (Wildman–Crippen LogP) is 5.16. The van der Waals surface area contributed by atoms with Crippen molar-refractivity contribution in [2.24, 2.45) is 17.8 Å². The van der Waals surface area contributed by atoms with Crippen LogP contribution < -0.4 is 14.8 Å². The molecule has 10 nitrogen and oxygen atoms in total. The number of nitrogens with zero attached hydrogens (tertiary/aromatic N) is 3. The van der Waals surface area contributed by atoms with Gasteiger partial charge in [0.2, 0.25) is 17.7 Å². The lowest BCUT2D eigenvalue weighted by Gasteiger charge is -2.26. The molecule has 1 aromatic heterocycles. The van der Waals surface area contributed by atoms with E-state index in [9.17, 15) is 18.8 Å². The Kier molecular flexibility index (Phi) is 9.16. The van der Waals surface area contributed by atoms with Gasteiger partial charge in [-0.2, -0.15) is 4.98 Å². The number of hydrogen-bond donors (Lipinski definition) is 1. The minimum Gasteiger partial charge on any atom is -0.496 e. The number of aromatic nitrogens is 2. The number of esters is 1. The van der Waals surface area contributed by atoms with E-state index in [2.05, 4.69) is 11.4 Å². The first-order valence-electron chi connectivity index (χ1n) is 16.3. The number of aryl methyl sites for hydroxylation is 1. The number of benzene rings is 2. The van der Waals surface area contributed by atoms with E-state index in [1.165, 1.54) is 12.1 Å². The normalized spacial score (nSPS) is 26.9. The van der Waals surface area contributed by atoms with Crippen LogP contribution in [0.3, 0.4) is 0 Å². The van der Waals surface area contributed by atoms with Crippen molar-refractivity contribution >= 4 is 28.7 Å². The van der Waals surface area contributed by atoms with E-state index in [-0.39, 0.29) is 48.9 Å². The van der Waals surface area contributed by atoms with Gasteiger partial charge in [0.05, 0.1) is 36.5 Å². The molecule has 0 spiro atoms. The van der Waals surface area contributed by atoms with Crippen molar-refractivity contribution in [1.29, 1.82) is 0 Å². The van der Waals surface area contributed by atoms with E-state index in [0.29, 0.717) is 35.2 Å². The summed E-state index contributed by atoms with van der Waals surface area (Å²) in [7, 11) is 3.35. The van der Waals surface area contributed by atoms with Crippen LogP contribution in [0, 0.1) is 30.5 Å². The number of fused-ring (bicyclic) bond motifs is 3. The molecule has 5 unspecified atom stereocenters. The van der Waals surface area contributed by atoms with E-state index in [1.54, 1.807) is 38.1 Å². The maximum Gasteiger partial charge on any atom is 0.332 e. The molecule has 2 saturated carbocycles. The molecule has 2 fully saturated rings. The van der Waals surface area contributed by atoms with Crippen LogP contribution in [0.5, 0.6) is 11.6 Å². The topological polar surface area (TPSA) is 120 Å². The average molecular weight is 645 g/mol. The molecule has 2 heterocycles. The Hall–Kier alpha value is -4.54. The Labute approximate surface area is 273 Å². The second-order valence-corrected chi connectivity index (χ2v) is 12.8. The second kappa shape index (κ2) is 13.3. The molecular formula is C36H41FN4O6. The lowest BCUT2D eigenvalue weighted by molar-refractivity contribution is -0.150. The average Bonchev–Trinajstić information content (AvgIpc) is 3.59. The van der Waals surface area contributed by atoms with Crippen LogP contribution in [-0.4, -0.2) is 71.6 Å². The molecule has 6 rings (SSSR count). The van der Waals surface area contributed by atoms with Gasteiger partial charge in [0, 0.05) is 30.6 Å². The minimum atomic E-state index is -1.13. The zero-order valence-electron chi connectivity index (χ0n) is 27.3. The van der Waals surface area contributed by atoms with Crippen LogP contribution >= 0.6 is 0 Å². The summed E-state index contributed by atoms with van der Waals surface area (Å²) < 4.78 is 31.7. The molecule has 0 bridgehead atoms. The van der Waals surface area contributed by atoms with E-state index in [0.717, 1.165) is 24.8 Å². The Bertz CT molecular complexity index is 1730. The van der Waals surface area contributed by atoms with Crippen molar-refractivity contribution in [3.8, 4) is 23.0 Å². The molecule has 47 heavy (non-hydrogen) atoms. The molecule has 2 amide bonds. The van der Waals surface area contributed by atoms with Gasteiger partial charge in [0.15, 0.2) is 5.82 Å². The Balaban J connectivity index is 1.35. The fourth-order valence-electron chi connectivity index (χ4n) is 6.95. The second-order valence-electron chi connectivity index (χ2n) is 12.8. The third-order valence-corrected chi connectivity index (χ3v) is 9.65. The molecule has 0 saturated heterocycles. The Morgan fingerprint density at radius 3 is 2.70 bits per heavy atom. The van der Waals surface area contributed by atoms with Crippen LogP contribution in [-0.2, 0) is 19.1 Å². The number of carbonyl (C=O) groups excluding carboxylic acids is 3. The fourth-order valence-corrected chi connectivity index (χ4v) is 6.95. The summed E-state index contributed by atoms with van der Waals surface area (Å²) in [6.07, 6.45) is 7.04. The highest BCUT2D eigenvalue weighted by molar-refractivity contribution is 5.95. The largest absolute Gasteiger partial charge is 0.496 e. The molecular weight excluding hydrogens is 603 g/mol. The van der Waals surface area contributed by atoms with Crippen molar-refractivity contribution in [3.63, 3.8) is 0 Å². The highest BCUT2D eigenvalue weighted by atomic mass is 19.1. The van der Waals surface area contributed by atoms with Crippen molar-refractivity contribution < 1.29 is 33.0 Å². The predicted molar refractivity (Wildman–Crippen MR) is 173 cm³/mol. The summed E-state index contributed by atoms with van der Waals surface area (Å²) in [6, 6.07) is 9.65. The van der Waals surface area contributed by atoms with E-state index in [4.69, 9.17) is 24.2 Å². The van der Waals surface area contributed by atoms with E-state index >= 15 is 0 Å². The number of carbonyl (C=O) groups is 3. The summed E-state index contributed by atoms with van der Waals surface area (Å²) in [5.41, 5.74) is 0.698. The summed E-state index contributed by atoms with van der Waals surface area (Å²) in [4.78, 5) is 52.2. The van der Waals surface area contributed by atoms with Gasteiger partial charge in [-0.1, -0.05) is 24.3 Å². The number of allylic oxidation sites excluding steroid dienone is 1. The number of halogens is 1. The maximum absolute atomic E-state index is 14.2. The highest BCUT2D eigenvalue weighted by Crippen LogP contribution is 2.47. The first-order valence-corrected chi connectivity index (χ1v) is 16.3. The third-order valence-electron chi connectivity index (χ3n) is 9.65. The quantitative estimate of drug-likeness (QED) is 0.289. The molecule has 2 aromatic carbocycles. The number of methoxy groups -OCH3 is 1. The van der Waals surface area contributed by atoms with E-state index < -0.39 is 35.3 Å².